The first-order valence-electron chi connectivity index (χ1n) is 6.87. The van der Waals surface area contributed by atoms with Crippen LogP contribution in [-0.2, 0) is 13.5 Å². The number of aromatic nitrogens is 2. The van der Waals surface area contributed by atoms with Crippen molar-refractivity contribution in [1.29, 1.82) is 0 Å². The van der Waals surface area contributed by atoms with Crippen LogP contribution in [0.25, 0.3) is 0 Å². The fourth-order valence-corrected chi connectivity index (χ4v) is 2.56. The standard InChI is InChI=1S/C16H23N3/c1-5-17-15(16-10-19(4)11-18-16)9-14-7-12(2)6-13(3)8-14/h6-8,10-11,15,17H,5,9H2,1-4H3. The molecule has 2 rings (SSSR count). The van der Waals surface area contributed by atoms with Gasteiger partial charge in [0.15, 0.2) is 0 Å². The van der Waals surface area contributed by atoms with Crippen molar-refractivity contribution in [2.24, 2.45) is 7.05 Å². The highest BCUT2D eigenvalue weighted by molar-refractivity contribution is 5.29. The average Bonchev–Trinajstić information content (AvgIpc) is 2.74. The van der Waals surface area contributed by atoms with E-state index in [1.54, 1.807) is 0 Å². The van der Waals surface area contributed by atoms with Crippen LogP contribution in [0.15, 0.2) is 30.7 Å². The fraction of sp³-hybridized carbons (Fsp3) is 0.438. The molecule has 0 amide bonds. The van der Waals surface area contributed by atoms with Crippen molar-refractivity contribution in [3.8, 4) is 0 Å². The lowest BCUT2D eigenvalue weighted by Gasteiger charge is -2.16. The zero-order valence-electron chi connectivity index (χ0n) is 12.3. The highest BCUT2D eigenvalue weighted by atomic mass is 15.0. The molecule has 0 aliphatic rings. The van der Waals surface area contributed by atoms with Gasteiger partial charge in [0.05, 0.1) is 18.1 Å². The normalized spacial score (nSPS) is 12.6. The van der Waals surface area contributed by atoms with E-state index in [2.05, 4.69) is 55.5 Å². The second-order valence-electron chi connectivity index (χ2n) is 5.27. The fourth-order valence-electron chi connectivity index (χ4n) is 2.56. The van der Waals surface area contributed by atoms with Crippen LogP contribution >= 0.6 is 0 Å². The molecule has 1 atom stereocenters. The van der Waals surface area contributed by atoms with E-state index in [-0.39, 0.29) is 6.04 Å². The molecule has 0 spiro atoms. The summed E-state index contributed by atoms with van der Waals surface area (Å²) >= 11 is 0. The van der Waals surface area contributed by atoms with Crippen molar-refractivity contribution in [2.75, 3.05) is 6.54 Å². The Balaban J connectivity index is 2.20. The Bertz CT molecular complexity index is 522. The zero-order chi connectivity index (χ0) is 13.8. The summed E-state index contributed by atoms with van der Waals surface area (Å²) < 4.78 is 2.00. The first kappa shape index (κ1) is 13.8. The van der Waals surface area contributed by atoms with E-state index in [4.69, 9.17) is 0 Å². The summed E-state index contributed by atoms with van der Waals surface area (Å²) in [5.41, 5.74) is 5.13. The van der Waals surface area contributed by atoms with Gasteiger partial charge < -0.3 is 9.88 Å². The molecule has 0 fully saturated rings. The molecule has 1 N–H and O–H groups in total. The van der Waals surface area contributed by atoms with E-state index in [0.29, 0.717) is 0 Å². The van der Waals surface area contributed by atoms with Crippen molar-refractivity contribution in [3.63, 3.8) is 0 Å². The second-order valence-corrected chi connectivity index (χ2v) is 5.27. The van der Waals surface area contributed by atoms with Gasteiger partial charge >= 0.3 is 0 Å². The lowest BCUT2D eigenvalue weighted by molar-refractivity contribution is 0.538. The Morgan fingerprint density at radius 2 is 1.89 bits per heavy atom. The third kappa shape index (κ3) is 3.67. The van der Waals surface area contributed by atoms with Gasteiger partial charge in [0, 0.05) is 13.2 Å². The molecule has 0 aliphatic carbocycles. The number of aryl methyl sites for hydroxylation is 3. The molecule has 0 saturated carbocycles. The Morgan fingerprint density at radius 3 is 2.42 bits per heavy atom. The molecule has 3 nitrogen and oxygen atoms in total. The largest absolute Gasteiger partial charge is 0.340 e. The number of nitrogens with one attached hydrogen (secondary N) is 1. The Hall–Kier alpha value is -1.61. The molecule has 3 heteroatoms. The van der Waals surface area contributed by atoms with Gasteiger partial charge in [-0.3, -0.25) is 0 Å². The van der Waals surface area contributed by atoms with Crippen LogP contribution in [0.3, 0.4) is 0 Å². The summed E-state index contributed by atoms with van der Waals surface area (Å²) in [6, 6.07) is 7.03. The number of hydrogen-bond acceptors (Lipinski definition) is 2. The van der Waals surface area contributed by atoms with Crippen LogP contribution in [0, 0.1) is 13.8 Å². The lowest BCUT2D eigenvalue weighted by atomic mass is 10.00. The smallest absolute Gasteiger partial charge is 0.0947 e. The lowest BCUT2D eigenvalue weighted by Crippen LogP contribution is -2.23. The van der Waals surface area contributed by atoms with Crippen molar-refractivity contribution in [3.05, 3.63) is 53.1 Å². The molecule has 1 aromatic carbocycles. The summed E-state index contributed by atoms with van der Waals surface area (Å²) in [5, 5.41) is 3.52. The van der Waals surface area contributed by atoms with Crippen LogP contribution in [0.5, 0.6) is 0 Å². The molecule has 19 heavy (non-hydrogen) atoms. The Kier molecular flexibility index (Phi) is 4.38. The van der Waals surface area contributed by atoms with Crippen molar-refractivity contribution in [2.45, 2.75) is 33.2 Å². The molecule has 0 aliphatic heterocycles. The van der Waals surface area contributed by atoms with E-state index in [1.165, 1.54) is 16.7 Å². The van der Waals surface area contributed by atoms with Crippen molar-refractivity contribution >= 4 is 0 Å². The number of imidazole rings is 1. The van der Waals surface area contributed by atoms with E-state index >= 15 is 0 Å². The van der Waals surface area contributed by atoms with E-state index < -0.39 is 0 Å². The van der Waals surface area contributed by atoms with Gasteiger partial charge in [-0.2, -0.15) is 0 Å². The van der Waals surface area contributed by atoms with Crippen LogP contribution in [0.2, 0.25) is 0 Å². The van der Waals surface area contributed by atoms with Crippen LogP contribution in [-0.4, -0.2) is 16.1 Å². The first-order valence-corrected chi connectivity index (χ1v) is 6.87. The molecule has 0 saturated heterocycles. The molecule has 0 radical (unpaired) electrons. The SMILES string of the molecule is CCNC(Cc1cc(C)cc(C)c1)c1cn(C)cn1. The molecule has 2 aromatic rings. The molecular weight excluding hydrogens is 234 g/mol. The van der Waals surface area contributed by atoms with Crippen LogP contribution in [0.1, 0.15) is 35.3 Å². The Morgan fingerprint density at radius 1 is 1.21 bits per heavy atom. The summed E-state index contributed by atoms with van der Waals surface area (Å²) in [6.45, 7) is 7.39. The number of rotatable bonds is 5. The minimum Gasteiger partial charge on any atom is -0.340 e. The maximum absolute atomic E-state index is 4.48. The van der Waals surface area contributed by atoms with Gasteiger partial charge in [-0.15, -0.1) is 0 Å². The molecule has 0 bridgehead atoms. The van der Waals surface area contributed by atoms with Crippen LogP contribution in [0.4, 0.5) is 0 Å². The summed E-state index contributed by atoms with van der Waals surface area (Å²) in [4.78, 5) is 4.48. The van der Waals surface area contributed by atoms with Crippen LogP contribution < -0.4 is 5.32 Å². The summed E-state index contributed by atoms with van der Waals surface area (Å²) in [7, 11) is 2.01. The summed E-state index contributed by atoms with van der Waals surface area (Å²) in [6.07, 6.45) is 4.94. The zero-order valence-corrected chi connectivity index (χ0v) is 12.3. The monoisotopic (exact) mass is 257 g/mol. The van der Waals surface area contributed by atoms with E-state index in [9.17, 15) is 0 Å². The number of nitrogens with zero attached hydrogens (tertiary/aromatic N) is 2. The highest BCUT2D eigenvalue weighted by Gasteiger charge is 2.14. The van der Waals surface area contributed by atoms with Crippen molar-refractivity contribution in [1.82, 2.24) is 14.9 Å². The predicted molar refractivity (Wildman–Crippen MR) is 79.2 cm³/mol. The quantitative estimate of drug-likeness (QED) is 0.892. The number of likely N-dealkylation sites (N-methyl/N-ethyl adjacent to an activating group) is 1. The van der Waals surface area contributed by atoms with E-state index in [1.807, 2.05) is 17.9 Å². The molecule has 1 unspecified atom stereocenters. The molecule has 1 aromatic heterocycles. The third-order valence-corrected chi connectivity index (χ3v) is 3.25. The van der Waals surface area contributed by atoms with Crippen molar-refractivity contribution < 1.29 is 0 Å². The molecule has 1 heterocycles. The first-order chi connectivity index (χ1) is 9.08. The maximum atomic E-state index is 4.48. The van der Waals surface area contributed by atoms with Gasteiger partial charge in [-0.05, 0) is 32.4 Å². The van der Waals surface area contributed by atoms with Gasteiger partial charge in [0.2, 0.25) is 0 Å². The summed E-state index contributed by atoms with van der Waals surface area (Å²) in [5.74, 6) is 0. The minimum absolute atomic E-state index is 0.285. The van der Waals surface area contributed by atoms with Gasteiger partial charge in [-0.25, -0.2) is 4.98 Å². The topological polar surface area (TPSA) is 29.9 Å². The minimum atomic E-state index is 0.285. The maximum Gasteiger partial charge on any atom is 0.0947 e. The highest BCUT2D eigenvalue weighted by Crippen LogP contribution is 2.18. The Labute approximate surface area is 115 Å². The second kappa shape index (κ2) is 6.02. The third-order valence-electron chi connectivity index (χ3n) is 3.25. The van der Waals surface area contributed by atoms with Gasteiger partial charge in [-0.1, -0.05) is 36.2 Å². The van der Waals surface area contributed by atoms with E-state index in [0.717, 1.165) is 18.7 Å². The van der Waals surface area contributed by atoms with Gasteiger partial charge in [0.1, 0.15) is 0 Å². The number of hydrogen-bond donors (Lipinski definition) is 1. The number of benzene rings is 1. The van der Waals surface area contributed by atoms with Gasteiger partial charge in [0.25, 0.3) is 0 Å². The molecule has 102 valence electrons. The average molecular weight is 257 g/mol. The predicted octanol–water partition coefficient (Wildman–Crippen LogP) is 2.93. The molecular formula is C16H23N3.